The highest BCUT2D eigenvalue weighted by atomic mass is 32.2. The summed E-state index contributed by atoms with van der Waals surface area (Å²) in [6.07, 6.45) is 2.56. The predicted octanol–water partition coefficient (Wildman–Crippen LogP) is 7.11. The van der Waals surface area contributed by atoms with E-state index in [2.05, 4.69) is 31.2 Å². The number of fused-ring (bicyclic) bond motifs is 3. The quantitative estimate of drug-likeness (QED) is 0.247. The number of allylic oxidation sites excluding steroid dienone is 1. The summed E-state index contributed by atoms with van der Waals surface area (Å²) >= 11 is 0. The summed E-state index contributed by atoms with van der Waals surface area (Å²) in [7, 11) is -4.00. The number of nitrogens with zero attached hydrogens (tertiary/aromatic N) is 1. The minimum absolute atomic E-state index is 0.192. The van der Waals surface area contributed by atoms with Gasteiger partial charge in [-0.2, -0.15) is 0 Å². The SMILES string of the molecule is CCCCC1=C(OC(C)=O)c2c(c3ccccc3n2S(=O)(=O)c2ccc(C)cc2)C1c1ccc(C)cc1. The zero-order valence-corrected chi connectivity index (χ0v) is 22.4. The second kappa shape index (κ2) is 9.67. The van der Waals surface area contributed by atoms with E-state index in [-0.39, 0.29) is 10.8 Å². The molecule has 37 heavy (non-hydrogen) atoms. The van der Waals surface area contributed by atoms with E-state index in [1.54, 1.807) is 24.3 Å². The second-order valence-corrected chi connectivity index (χ2v) is 11.5. The molecule has 3 aromatic carbocycles. The monoisotopic (exact) mass is 513 g/mol. The van der Waals surface area contributed by atoms with Gasteiger partial charge in [-0.15, -0.1) is 0 Å². The van der Waals surface area contributed by atoms with Crippen LogP contribution in [0.15, 0.2) is 83.3 Å². The molecular formula is C31H31NO4S. The Kier molecular flexibility index (Phi) is 6.54. The van der Waals surface area contributed by atoms with Gasteiger partial charge >= 0.3 is 5.97 Å². The van der Waals surface area contributed by atoms with Crippen LogP contribution in [-0.2, 0) is 19.6 Å². The van der Waals surface area contributed by atoms with Crippen molar-refractivity contribution in [3.8, 4) is 0 Å². The van der Waals surface area contributed by atoms with Crippen molar-refractivity contribution in [2.45, 2.75) is 57.8 Å². The van der Waals surface area contributed by atoms with Crippen molar-refractivity contribution < 1.29 is 17.9 Å². The van der Waals surface area contributed by atoms with Crippen LogP contribution in [0.1, 0.15) is 67.0 Å². The number of aryl methyl sites for hydroxylation is 2. The molecule has 0 saturated heterocycles. The van der Waals surface area contributed by atoms with E-state index < -0.39 is 16.0 Å². The maximum Gasteiger partial charge on any atom is 0.308 e. The lowest BCUT2D eigenvalue weighted by atomic mass is 9.85. The highest BCUT2D eigenvalue weighted by Crippen LogP contribution is 2.52. The maximum absolute atomic E-state index is 14.2. The van der Waals surface area contributed by atoms with Crippen molar-refractivity contribution in [3.05, 3.63) is 106 Å². The Balaban J connectivity index is 1.89. The smallest absolute Gasteiger partial charge is 0.308 e. The molecule has 0 spiro atoms. The Morgan fingerprint density at radius 2 is 1.54 bits per heavy atom. The largest absolute Gasteiger partial charge is 0.424 e. The fraction of sp³-hybridized carbons (Fsp3) is 0.258. The Morgan fingerprint density at radius 3 is 2.16 bits per heavy atom. The standard InChI is InChI=1S/C31H31NO4S/c1-5-6-9-26-28(23-16-12-20(2)13-17-23)29-25-10-7-8-11-27(25)32(30(29)31(26)36-22(4)33)37(34,35)24-18-14-21(3)15-19-24/h7-8,10-19,28H,5-6,9H2,1-4H3. The second-order valence-electron chi connectivity index (χ2n) is 9.76. The summed E-state index contributed by atoms with van der Waals surface area (Å²) in [6.45, 7) is 7.45. The average molecular weight is 514 g/mol. The molecule has 190 valence electrons. The molecule has 1 aliphatic carbocycles. The number of para-hydroxylation sites is 1. The lowest BCUT2D eigenvalue weighted by molar-refractivity contribution is -0.134. The molecular weight excluding hydrogens is 482 g/mol. The summed E-state index contributed by atoms with van der Waals surface area (Å²) in [5, 5.41) is 0.843. The highest BCUT2D eigenvalue weighted by Gasteiger charge is 2.42. The summed E-state index contributed by atoms with van der Waals surface area (Å²) in [5.41, 5.74) is 6.02. The summed E-state index contributed by atoms with van der Waals surface area (Å²) in [5.74, 6) is -0.312. The molecule has 0 amide bonds. The zero-order valence-electron chi connectivity index (χ0n) is 21.6. The van der Waals surface area contributed by atoms with Gasteiger partial charge in [-0.05, 0) is 56.0 Å². The molecule has 6 heteroatoms. The van der Waals surface area contributed by atoms with Crippen LogP contribution >= 0.6 is 0 Å². The Hall–Kier alpha value is -3.64. The number of benzene rings is 3. The van der Waals surface area contributed by atoms with Crippen LogP contribution in [0, 0.1) is 13.8 Å². The van der Waals surface area contributed by atoms with Crippen LogP contribution in [0.4, 0.5) is 0 Å². The van der Waals surface area contributed by atoms with E-state index in [4.69, 9.17) is 4.74 Å². The molecule has 0 saturated carbocycles. The number of aromatic nitrogens is 1. The molecule has 0 bridgehead atoms. The third-order valence-electron chi connectivity index (χ3n) is 7.03. The molecule has 0 radical (unpaired) electrons. The van der Waals surface area contributed by atoms with Crippen molar-refractivity contribution in [2.75, 3.05) is 0 Å². The molecule has 0 fully saturated rings. The number of hydrogen-bond acceptors (Lipinski definition) is 4. The number of ether oxygens (including phenoxy) is 1. The summed E-state index contributed by atoms with van der Waals surface area (Å²) in [6, 6.07) is 22.7. The van der Waals surface area contributed by atoms with Crippen molar-refractivity contribution in [1.29, 1.82) is 0 Å². The van der Waals surface area contributed by atoms with E-state index >= 15 is 0 Å². The molecule has 0 N–H and O–H groups in total. The first-order valence-corrected chi connectivity index (χ1v) is 14.1. The Labute approximate surface area is 218 Å². The van der Waals surface area contributed by atoms with E-state index in [0.29, 0.717) is 23.4 Å². The van der Waals surface area contributed by atoms with Gasteiger partial charge in [-0.25, -0.2) is 12.4 Å². The number of carbonyl (C=O) groups is 1. The van der Waals surface area contributed by atoms with Crippen LogP contribution in [0.3, 0.4) is 0 Å². The van der Waals surface area contributed by atoms with Crippen molar-refractivity contribution in [2.24, 2.45) is 0 Å². The third kappa shape index (κ3) is 4.29. The Morgan fingerprint density at radius 1 is 0.919 bits per heavy atom. The maximum atomic E-state index is 14.2. The van der Waals surface area contributed by atoms with Gasteiger partial charge in [0.15, 0.2) is 5.76 Å². The van der Waals surface area contributed by atoms with E-state index in [0.717, 1.165) is 46.1 Å². The fourth-order valence-electron chi connectivity index (χ4n) is 5.27. The zero-order chi connectivity index (χ0) is 26.3. The fourth-order valence-corrected chi connectivity index (χ4v) is 6.81. The van der Waals surface area contributed by atoms with Gasteiger partial charge in [0.25, 0.3) is 10.0 Å². The molecule has 5 nitrogen and oxygen atoms in total. The van der Waals surface area contributed by atoms with Crippen molar-refractivity contribution in [3.63, 3.8) is 0 Å². The van der Waals surface area contributed by atoms with E-state index in [1.165, 1.54) is 10.9 Å². The molecule has 1 atom stereocenters. The minimum atomic E-state index is -4.00. The summed E-state index contributed by atoms with van der Waals surface area (Å²) in [4.78, 5) is 12.6. The van der Waals surface area contributed by atoms with Gasteiger partial charge in [0.2, 0.25) is 0 Å². The van der Waals surface area contributed by atoms with Gasteiger partial charge in [-0.3, -0.25) is 4.79 Å². The molecule has 1 aliphatic rings. The van der Waals surface area contributed by atoms with Crippen LogP contribution in [-0.4, -0.2) is 18.4 Å². The van der Waals surface area contributed by atoms with Gasteiger partial charge in [0.1, 0.15) is 5.69 Å². The van der Waals surface area contributed by atoms with Crippen LogP contribution in [0.2, 0.25) is 0 Å². The number of carbonyl (C=O) groups excluding carboxylic acids is 1. The molecule has 5 rings (SSSR count). The van der Waals surface area contributed by atoms with E-state index in [9.17, 15) is 13.2 Å². The third-order valence-corrected chi connectivity index (χ3v) is 8.76. The normalized spacial score (nSPS) is 15.3. The first-order chi connectivity index (χ1) is 17.7. The minimum Gasteiger partial charge on any atom is -0.424 e. The number of esters is 1. The topological polar surface area (TPSA) is 65.4 Å². The average Bonchev–Trinajstić information content (AvgIpc) is 3.36. The van der Waals surface area contributed by atoms with Gasteiger partial charge < -0.3 is 4.74 Å². The van der Waals surface area contributed by atoms with E-state index in [1.807, 2.05) is 38.1 Å². The predicted molar refractivity (Wildman–Crippen MR) is 147 cm³/mol. The van der Waals surface area contributed by atoms with Crippen molar-refractivity contribution in [1.82, 2.24) is 3.97 Å². The highest BCUT2D eigenvalue weighted by molar-refractivity contribution is 7.90. The first-order valence-electron chi connectivity index (χ1n) is 12.7. The van der Waals surface area contributed by atoms with Gasteiger partial charge in [0.05, 0.1) is 10.4 Å². The van der Waals surface area contributed by atoms with Crippen LogP contribution in [0.25, 0.3) is 16.7 Å². The van der Waals surface area contributed by atoms with Gasteiger partial charge in [0, 0.05) is 23.8 Å². The van der Waals surface area contributed by atoms with Crippen LogP contribution in [0.5, 0.6) is 0 Å². The van der Waals surface area contributed by atoms with Crippen molar-refractivity contribution >= 4 is 32.7 Å². The molecule has 4 aromatic rings. The molecule has 1 heterocycles. The first kappa shape index (κ1) is 25.0. The van der Waals surface area contributed by atoms with Crippen LogP contribution < -0.4 is 0 Å². The number of hydrogen-bond donors (Lipinski definition) is 0. The molecule has 0 aliphatic heterocycles. The number of unbranched alkanes of at least 4 members (excludes halogenated alkanes) is 1. The lowest BCUT2D eigenvalue weighted by Gasteiger charge is -2.18. The Bertz CT molecular complexity index is 1630. The molecule has 1 aromatic heterocycles. The molecule has 1 unspecified atom stereocenters. The lowest BCUT2D eigenvalue weighted by Crippen LogP contribution is -2.16. The summed E-state index contributed by atoms with van der Waals surface area (Å²) < 4.78 is 35.7. The van der Waals surface area contributed by atoms with Gasteiger partial charge in [-0.1, -0.05) is 79.1 Å². The number of rotatable bonds is 7.